The summed E-state index contributed by atoms with van der Waals surface area (Å²) in [5.74, 6) is 0.881. The zero-order chi connectivity index (χ0) is 16.7. The van der Waals surface area contributed by atoms with Gasteiger partial charge in [-0.3, -0.25) is 9.79 Å². The number of rotatable bonds is 4. The van der Waals surface area contributed by atoms with Crippen LogP contribution in [0.1, 0.15) is 24.8 Å². The number of carbonyl (C=O) groups is 1. The summed E-state index contributed by atoms with van der Waals surface area (Å²) >= 11 is 3.56. The number of likely N-dealkylation sites (tertiary alicyclic amines) is 1. The molecule has 1 fully saturated rings. The van der Waals surface area contributed by atoms with Crippen molar-refractivity contribution >= 4 is 51.8 Å². The molecule has 0 atom stereocenters. The van der Waals surface area contributed by atoms with E-state index in [2.05, 4.69) is 32.3 Å². The third kappa shape index (κ3) is 6.23. The average molecular weight is 509 g/mol. The summed E-state index contributed by atoms with van der Waals surface area (Å²) in [6.07, 6.45) is 3.46. The fourth-order valence-corrected chi connectivity index (χ4v) is 3.16. The maximum atomic E-state index is 12.2. The number of benzene rings is 1. The minimum Gasteiger partial charge on any atom is -0.347 e. The number of halogens is 2. The third-order valence-electron chi connectivity index (χ3n) is 4.05. The Morgan fingerprint density at radius 3 is 2.58 bits per heavy atom. The van der Waals surface area contributed by atoms with Crippen molar-refractivity contribution in [2.24, 2.45) is 4.99 Å². The molecular formula is C17H26BrIN4O. The smallest absolute Gasteiger partial charge is 0.241 e. The van der Waals surface area contributed by atoms with E-state index in [1.807, 2.05) is 35.0 Å². The molecule has 1 saturated heterocycles. The van der Waals surface area contributed by atoms with Crippen LogP contribution in [0.15, 0.2) is 33.7 Å². The minimum absolute atomic E-state index is 0. The van der Waals surface area contributed by atoms with Gasteiger partial charge in [-0.05, 0) is 30.9 Å². The Bertz CT molecular complexity index is 561. The number of piperidine rings is 1. The molecule has 24 heavy (non-hydrogen) atoms. The molecule has 1 heterocycles. The van der Waals surface area contributed by atoms with Crippen LogP contribution in [0, 0.1) is 0 Å². The SMILES string of the molecule is CN=C(NCC(=O)N1CCCCC1)N(C)Cc1ccccc1Br.I. The molecule has 1 aliphatic rings. The zero-order valence-electron chi connectivity index (χ0n) is 14.3. The number of carbonyl (C=O) groups excluding carboxylic acids is 1. The molecule has 7 heteroatoms. The Kier molecular flexibility index (Phi) is 9.65. The standard InChI is InChI=1S/C17H25BrN4O.HI/c1-19-17(20-12-16(23)22-10-6-3-7-11-22)21(2)13-14-8-4-5-9-15(14)18;/h4-5,8-9H,3,6-7,10-13H2,1-2H3,(H,19,20);1H. The first-order chi connectivity index (χ1) is 11.1. The van der Waals surface area contributed by atoms with Crippen molar-refractivity contribution in [3.05, 3.63) is 34.3 Å². The van der Waals surface area contributed by atoms with E-state index in [-0.39, 0.29) is 29.9 Å². The van der Waals surface area contributed by atoms with E-state index in [1.165, 1.54) is 12.0 Å². The second-order valence-electron chi connectivity index (χ2n) is 5.79. The second kappa shape index (κ2) is 10.9. The molecule has 0 saturated carbocycles. The largest absolute Gasteiger partial charge is 0.347 e. The molecule has 1 aromatic rings. The van der Waals surface area contributed by atoms with Gasteiger partial charge in [-0.15, -0.1) is 24.0 Å². The molecule has 0 spiro atoms. The number of amides is 1. The van der Waals surface area contributed by atoms with E-state index < -0.39 is 0 Å². The topological polar surface area (TPSA) is 47.9 Å². The summed E-state index contributed by atoms with van der Waals surface area (Å²) < 4.78 is 1.08. The van der Waals surface area contributed by atoms with Crippen LogP contribution in [0.2, 0.25) is 0 Å². The maximum absolute atomic E-state index is 12.2. The molecule has 0 radical (unpaired) electrons. The molecular weight excluding hydrogens is 483 g/mol. The fraction of sp³-hybridized carbons (Fsp3) is 0.529. The van der Waals surface area contributed by atoms with E-state index in [0.29, 0.717) is 6.54 Å². The van der Waals surface area contributed by atoms with Gasteiger partial charge in [0.05, 0.1) is 6.54 Å². The number of nitrogens with one attached hydrogen (secondary N) is 1. The fourth-order valence-electron chi connectivity index (χ4n) is 2.75. The van der Waals surface area contributed by atoms with Gasteiger partial charge in [-0.2, -0.15) is 0 Å². The van der Waals surface area contributed by atoms with Crippen LogP contribution in [0.4, 0.5) is 0 Å². The molecule has 1 aromatic carbocycles. The highest BCUT2D eigenvalue weighted by Gasteiger charge is 2.17. The van der Waals surface area contributed by atoms with Gasteiger partial charge in [0.25, 0.3) is 0 Å². The van der Waals surface area contributed by atoms with Crippen molar-refractivity contribution in [1.82, 2.24) is 15.1 Å². The van der Waals surface area contributed by atoms with Crippen LogP contribution in [0.3, 0.4) is 0 Å². The summed E-state index contributed by atoms with van der Waals surface area (Å²) in [4.78, 5) is 20.5. The van der Waals surface area contributed by atoms with Crippen molar-refractivity contribution in [3.8, 4) is 0 Å². The Morgan fingerprint density at radius 2 is 1.96 bits per heavy atom. The lowest BCUT2D eigenvalue weighted by Gasteiger charge is -2.28. The van der Waals surface area contributed by atoms with Gasteiger partial charge in [0, 0.05) is 38.2 Å². The highest BCUT2D eigenvalue weighted by atomic mass is 127. The highest BCUT2D eigenvalue weighted by molar-refractivity contribution is 14.0. The number of hydrogen-bond acceptors (Lipinski definition) is 2. The lowest BCUT2D eigenvalue weighted by Crippen LogP contribution is -2.46. The van der Waals surface area contributed by atoms with E-state index >= 15 is 0 Å². The highest BCUT2D eigenvalue weighted by Crippen LogP contribution is 2.17. The molecule has 5 nitrogen and oxygen atoms in total. The van der Waals surface area contributed by atoms with Gasteiger partial charge >= 0.3 is 0 Å². The molecule has 0 aliphatic carbocycles. The van der Waals surface area contributed by atoms with Crippen molar-refractivity contribution < 1.29 is 4.79 Å². The van der Waals surface area contributed by atoms with E-state index in [4.69, 9.17) is 0 Å². The third-order valence-corrected chi connectivity index (χ3v) is 4.82. The van der Waals surface area contributed by atoms with Gasteiger partial charge in [-0.1, -0.05) is 34.1 Å². The first-order valence-corrected chi connectivity index (χ1v) is 8.84. The van der Waals surface area contributed by atoms with Gasteiger partial charge in [0.2, 0.25) is 5.91 Å². The maximum Gasteiger partial charge on any atom is 0.241 e. The van der Waals surface area contributed by atoms with Crippen LogP contribution >= 0.6 is 39.9 Å². The average Bonchev–Trinajstić information content (AvgIpc) is 2.58. The van der Waals surface area contributed by atoms with Gasteiger partial charge in [0.1, 0.15) is 0 Å². The normalized spacial score (nSPS) is 14.8. The molecule has 1 amide bonds. The van der Waals surface area contributed by atoms with Crippen molar-refractivity contribution in [2.75, 3.05) is 33.7 Å². The van der Waals surface area contributed by atoms with Gasteiger partial charge < -0.3 is 15.1 Å². The number of hydrogen-bond donors (Lipinski definition) is 1. The van der Waals surface area contributed by atoms with Gasteiger partial charge in [0.15, 0.2) is 5.96 Å². The summed E-state index contributed by atoms with van der Waals surface area (Å²) in [7, 11) is 3.71. The molecule has 0 bridgehead atoms. The molecule has 1 N–H and O–H groups in total. The predicted molar refractivity (Wildman–Crippen MR) is 113 cm³/mol. The number of guanidine groups is 1. The minimum atomic E-state index is 0. The van der Waals surface area contributed by atoms with Crippen molar-refractivity contribution in [2.45, 2.75) is 25.8 Å². The molecule has 0 aromatic heterocycles. The van der Waals surface area contributed by atoms with E-state index in [1.54, 1.807) is 7.05 Å². The predicted octanol–water partition coefficient (Wildman–Crippen LogP) is 3.09. The Balaban J connectivity index is 0.00000288. The van der Waals surface area contributed by atoms with Crippen LogP contribution in [0.5, 0.6) is 0 Å². The van der Waals surface area contributed by atoms with Crippen LogP contribution in [0.25, 0.3) is 0 Å². The molecule has 0 unspecified atom stereocenters. The Labute approximate surface area is 170 Å². The second-order valence-corrected chi connectivity index (χ2v) is 6.64. The first kappa shape index (κ1) is 21.2. The quantitative estimate of drug-likeness (QED) is 0.386. The lowest BCUT2D eigenvalue weighted by atomic mass is 10.1. The van der Waals surface area contributed by atoms with E-state index in [0.717, 1.165) is 42.9 Å². The number of nitrogens with zero attached hydrogens (tertiary/aromatic N) is 3. The Morgan fingerprint density at radius 1 is 1.29 bits per heavy atom. The van der Waals surface area contributed by atoms with Crippen molar-refractivity contribution in [1.29, 1.82) is 0 Å². The lowest BCUT2D eigenvalue weighted by molar-refractivity contribution is -0.130. The summed E-state index contributed by atoms with van der Waals surface area (Å²) in [6.45, 7) is 2.78. The zero-order valence-corrected chi connectivity index (χ0v) is 18.2. The first-order valence-electron chi connectivity index (χ1n) is 8.05. The molecule has 2 rings (SSSR count). The van der Waals surface area contributed by atoms with E-state index in [9.17, 15) is 4.79 Å². The number of aliphatic imine (C=N–C) groups is 1. The van der Waals surface area contributed by atoms with Gasteiger partial charge in [-0.25, -0.2) is 0 Å². The molecule has 1 aliphatic heterocycles. The van der Waals surface area contributed by atoms with Crippen LogP contribution in [-0.4, -0.2) is 55.4 Å². The summed E-state index contributed by atoms with van der Waals surface area (Å²) in [5, 5.41) is 3.18. The summed E-state index contributed by atoms with van der Waals surface area (Å²) in [6, 6.07) is 8.12. The monoisotopic (exact) mass is 508 g/mol. The van der Waals surface area contributed by atoms with Crippen molar-refractivity contribution in [3.63, 3.8) is 0 Å². The van der Waals surface area contributed by atoms with Crippen LogP contribution < -0.4 is 5.32 Å². The molecule has 134 valence electrons. The summed E-state index contributed by atoms with van der Waals surface area (Å²) in [5.41, 5.74) is 1.18. The Hall–Kier alpha value is -0.830. The van der Waals surface area contributed by atoms with Crippen LogP contribution in [-0.2, 0) is 11.3 Å².